The lowest BCUT2D eigenvalue weighted by molar-refractivity contribution is -0.143. The molecule has 2 atom stereocenters. The van der Waals surface area contributed by atoms with Gasteiger partial charge in [-0.1, -0.05) is 6.58 Å². The molecule has 4 N–H and O–H groups in total. The Hall–Kier alpha value is -1.00. The smallest absolute Gasteiger partial charge is 0.388 e. The van der Waals surface area contributed by atoms with Crippen LogP contribution in [0.3, 0.4) is 0 Å². The van der Waals surface area contributed by atoms with Gasteiger partial charge in [-0.3, -0.25) is 9.35 Å². The Morgan fingerprint density at radius 2 is 1.95 bits per heavy atom. The Labute approximate surface area is 124 Å². The quantitative estimate of drug-likeness (QED) is 0.261. The molecule has 9 heteroatoms. The molecule has 0 aliphatic heterocycles. The molecule has 0 saturated heterocycles. The second-order valence-corrected chi connectivity index (χ2v) is 6.50. The lowest BCUT2D eigenvalue weighted by Gasteiger charge is -2.38. The van der Waals surface area contributed by atoms with Crippen molar-refractivity contribution >= 4 is 16.3 Å². The monoisotopic (exact) mass is 325 g/mol. The molecule has 21 heavy (non-hydrogen) atoms. The van der Waals surface area contributed by atoms with E-state index in [0.29, 0.717) is 0 Å². The van der Waals surface area contributed by atoms with Gasteiger partial charge < -0.3 is 15.5 Å². The highest BCUT2D eigenvalue weighted by molar-refractivity contribution is 7.80. The van der Waals surface area contributed by atoms with E-state index in [9.17, 15) is 23.4 Å². The number of carbonyl (C=O) groups excluding carboxylic acids is 1. The van der Waals surface area contributed by atoms with Crippen LogP contribution in [-0.2, 0) is 19.4 Å². The van der Waals surface area contributed by atoms with Gasteiger partial charge in [0.2, 0.25) is 5.91 Å². The molecule has 0 spiro atoms. The van der Waals surface area contributed by atoms with Crippen LogP contribution in [-0.4, -0.2) is 52.9 Å². The molecule has 0 saturated carbocycles. The molecular weight excluding hydrogens is 302 g/mol. The number of rotatable bonds is 9. The van der Waals surface area contributed by atoms with E-state index in [1.807, 2.05) is 0 Å². The number of aliphatic hydroxyl groups excluding tert-OH is 1. The SMILES string of the molecule is C=CC(=O)NCCCC(C)(OS(=O)(=O)O)C(O)C(C)(C)O. The Balaban J connectivity index is 4.90. The number of carbonyl (C=O) groups is 1. The zero-order chi connectivity index (χ0) is 16.9. The van der Waals surface area contributed by atoms with Crippen LogP contribution in [0.25, 0.3) is 0 Å². The maximum Gasteiger partial charge on any atom is 0.397 e. The van der Waals surface area contributed by atoms with Crippen molar-refractivity contribution in [2.75, 3.05) is 6.54 Å². The summed E-state index contributed by atoms with van der Waals surface area (Å²) in [5, 5.41) is 22.4. The third-order valence-corrected chi connectivity index (χ3v) is 3.47. The third kappa shape index (κ3) is 7.53. The summed E-state index contributed by atoms with van der Waals surface area (Å²) in [6.07, 6.45) is -0.282. The zero-order valence-corrected chi connectivity index (χ0v) is 13.2. The van der Waals surface area contributed by atoms with Crippen molar-refractivity contribution in [2.45, 2.75) is 50.9 Å². The van der Waals surface area contributed by atoms with E-state index in [0.717, 1.165) is 6.08 Å². The van der Waals surface area contributed by atoms with Crippen LogP contribution in [0.1, 0.15) is 33.6 Å². The fourth-order valence-corrected chi connectivity index (χ4v) is 2.59. The summed E-state index contributed by atoms with van der Waals surface area (Å²) in [7, 11) is -4.82. The molecule has 0 aromatic heterocycles. The zero-order valence-electron chi connectivity index (χ0n) is 12.4. The summed E-state index contributed by atoms with van der Waals surface area (Å²) >= 11 is 0. The molecule has 0 rings (SSSR count). The first-order valence-electron chi connectivity index (χ1n) is 6.30. The van der Waals surface area contributed by atoms with E-state index in [4.69, 9.17) is 4.55 Å². The first kappa shape index (κ1) is 20.0. The van der Waals surface area contributed by atoms with Crippen LogP contribution < -0.4 is 5.32 Å². The number of hydrogen-bond donors (Lipinski definition) is 4. The van der Waals surface area contributed by atoms with Crippen molar-refractivity contribution < 1.29 is 32.2 Å². The van der Waals surface area contributed by atoms with Gasteiger partial charge in [0, 0.05) is 6.54 Å². The van der Waals surface area contributed by atoms with E-state index in [1.165, 1.54) is 20.8 Å². The Morgan fingerprint density at radius 1 is 1.43 bits per heavy atom. The lowest BCUT2D eigenvalue weighted by Crippen LogP contribution is -2.54. The van der Waals surface area contributed by atoms with E-state index >= 15 is 0 Å². The first-order chi connectivity index (χ1) is 9.32. The van der Waals surface area contributed by atoms with Gasteiger partial charge in [0.05, 0.1) is 5.60 Å². The maximum absolute atomic E-state index is 11.0. The minimum Gasteiger partial charge on any atom is -0.388 e. The van der Waals surface area contributed by atoms with Gasteiger partial charge in [-0.25, -0.2) is 4.18 Å². The standard InChI is InChI=1S/C12H23NO7S/c1-5-9(14)13-8-6-7-12(4,20-21(17,18)19)10(15)11(2,3)16/h5,10,15-16H,1,6-8H2,2-4H3,(H,13,14)(H,17,18,19). The van der Waals surface area contributed by atoms with Crippen molar-refractivity contribution in [3.63, 3.8) is 0 Å². The van der Waals surface area contributed by atoms with Crippen molar-refractivity contribution in [1.29, 1.82) is 0 Å². The lowest BCUT2D eigenvalue weighted by atomic mass is 9.84. The summed E-state index contributed by atoms with van der Waals surface area (Å²) in [6.45, 7) is 7.27. The Kier molecular flexibility index (Phi) is 6.97. The van der Waals surface area contributed by atoms with Gasteiger partial charge in [0.25, 0.3) is 0 Å². The van der Waals surface area contributed by atoms with Crippen molar-refractivity contribution in [3.05, 3.63) is 12.7 Å². The predicted octanol–water partition coefficient (Wildman–Crippen LogP) is -0.221. The van der Waals surface area contributed by atoms with Crippen LogP contribution >= 0.6 is 0 Å². The fraction of sp³-hybridized carbons (Fsp3) is 0.750. The molecule has 0 aromatic carbocycles. The summed E-state index contributed by atoms with van der Waals surface area (Å²) in [6, 6.07) is 0. The van der Waals surface area contributed by atoms with Crippen LogP contribution in [0.15, 0.2) is 12.7 Å². The van der Waals surface area contributed by atoms with E-state index in [-0.39, 0.29) is 19.4 Å². The first-order valence-corrected chi connectivity index (χ1v) is 7.67. The molecule has 0 fully saturated rings. The maximum atomic E-state index is 11.0. The molecule has 0 aliphatic carbocycles. The molecule has 1 amide bonds. The van der Waals surface area contributed by atoms with Crippen molar-refractivity contribution in [2.24, 2.45) is 0 Å². The van der Waals surface area contributed by atoms with Crippen molar-refractivity contribution in [1.82, 2.24) is 5.32 Å². The van der Waals surface area contributed by atoms with Gasteiger partial charge >= 0.3 is 10.4 Å². The Bertz CT molecular complexity index is 468. The highest BCUT2D eigenvalue weighted by Crippen LogP contribution is 2.30. The second-order valence-electron chi connectivity index (χ2n) is 5.48. The normalized spacial score (nSPS) is 16.9. The summed E-state index contributed by atoms with van der Waals surface area (Å²) in [5.41, 5.74) is -3.39. The highest BCUT2D eigenvalue weighted by Gasteiger charge is 2.45. The fourth-order valence-electron chi connectivity index (χ4n) is 1.93. The molecule has 0 heterocycles. The van der Waals surface area contributed by atoms with Crippen molar-refractivity contribution in [3.8, 4) is 0 Å². The average molecular weight is 325 g/mol. The van der Waals surface area contributed by atoms with Gasteiger partial charge in [-0.05, 0) is 39.7 Å². The number of hydrogen-bond acceptors (Lipinski definition) is 6. The van der Waals surface area contributed by atoms with E-state index < -0.39 is 33.6 Å². The van der Waals surface area contributed by atoms with Crippen LogP contribution in [0.2, 0.25) is 0 Å². The molecule has 0 bridgehead atoms. The summed E-state index contributed by atoms with van der Waals surface area (Å²) in [5.74, 6) is -0.393. The predicted molar refractivity (Wildman–Crippen MR) is 75.8 cm³/mol. The highest BCUT2D eigenvalue weighted by atomic mass is 32.3. The molecule has 2 unspecified atom stereocenters. The molecular formula is C12H23NO7S. The van der Waals surface area contributed by atoms with Crippen LogP contribution in [0.4, 0.5) is 0 Å². The summed E-state index contributed by atoms with van der Waals surface area (Å²) < 4.78 is 35.2. The minimum absolute atomic E-state index is 0.0324. The van der Waals surface area contributed by atoms with Gasteiger partial charge in [0.15, 0.2) is 0 Å². The topological polar surface area (TPSA) is 133 Å². The molecule has 8 nitrogen and oxygen atoms in total. The second kappa shape index (κ2) is 7.32. The minimum atomic E-state index is -4.82. The number of amides is 1. The van der Waals surface area contributed by atoms with Crippen LogP contribution in [0.5, 0.6) is 0 Å². The van der Waals surface area contributed by atoms with Crippen LogP contribution in [0, 0.1) is 0 Å². The molecule has 0 radical (unpaired) electrons. The molecule has 0 aromatic rings. The van der Waals surface area contributed by atoms with E-state index in [2.05, 4.69) is 16.1 Å². The van der Waals surface area contributed by atoms with E-state index in [1.54, 1.807) is 0 Å². The number of aliphatic hydroxyl groups is 2. The van der Waals surface area contributed by atoms with Gasteiger partial charge in [-0.15, -0.1) is 0 Å². The largest absolute Gasteiger partial charge is 0.397 e. The average Bonchev–Trinajstić information content (AvgIpc) is 2.30. The molecule has 124 valence electrons. The molecule has 0 aliphatic rings. The Morgan fingerprint density at radius 3 is 2.33 bits per heavy atom. The third-order valence-electron chi connectivity index (χ3n) is 2.88. The number of nitrogens with one attached hydrogen (secondary N) is 1. The summed E-state index contributed by atoms with van der Waals surface area (Å²) in [4.78, 5) is 11.0. The van der Waals surface area contributed by atoms with Gasteiger partial charge in [0.1, 0.15) is 11.7 Å². The van der Waals surface area contributed by atoms with Gasteiger partial charge in [-0.2, -0.15) is 8.42 Å².